The van der Waals surface area contributed by atoms with Gasteiger partial charge in [-0.2, -0.15) is 0 Å². The van der Waals surface area contributed by atoms with Crippen molar-refractivity contribution in [2.45, 2.75) is 51.0 Å². The average Bonchev–Trinajstić information content (AvgIpc) is 3.10. The van der Waals surface area contributed by atoms with E-state index in [-0.39, 0.29) is 11.3 Å². The zero-order valence-corrected chi connectivity index (χ0v) is 15.0. The normalized spacial score (nSPS) is 16.8. The molecule has 1 amide bonds. The van der Waals surface area contributed by atoms with E-state index in [0.29, 0.717) is 18.8 Å². The van der Waals surface area contributed by atoms with Crippen LogP contribution < -0.4 is 11.1 Å². The van der Waals surface area contributed by atoms with E-state index < -0.39 is 0 Å². The maximum atomic E-state index is 12.4. The van der Waals surface area contributed by atoms with Crippen molar-refractivity contribution < 1.29 is 4.79 Å². The predicted octanol–water partition coefficient (Wildman–Crippen LogP) is 3.54. The zero-order chi connectivity index (χ0) is 17.0. The molecule has 0 aliphatic heterocycles. The van der Waals surface area contributed by atoms with E-state index in [4.69, 9.17) is 5.73 Å². The number of nitrogens with one attached hydrogen (secondary N) is 1. The van der Waals surface area contributed by atoms with Gasteiger partial charge in [-0.15, -0.1) is 11.3 Å². The number of aryl methyl sites for hydroxylation is 1. The van der Waals surface area contributed by atoms with Crippen molar-refractivity contribution >= 4 is 17.2 Å². The number of amides is 1. The Hall–Kier alpha value is -1.72. The molecule has 4 nitrogen and oxygen atoms in total. The molecule has 1 aromatic carbocycles. The van der Waals surface area contributed by atoms with Gasteiger partial charge in [0.15, 0.2) is 0 Å². The van der Waals surface area contributed by atoms with Crippen LogP contribution in [0.4, 0.5) is 0 Å². The lowest BCUT2D eigenvalue weighted by Crippen LogP contribution is -2.42. The lowest BCUT2D eigenvalue weighted by Gasteiger charge is -2.38. The minimum absolute atomic E-state index is 0.0483. The minimum Gasteiger partial charge on any atom is -0.350 e. The number of thiazole rings is 1. The monoisotopic (exact) mass is 343 g/mol. The molecule has 128 valence electrons. The Labute approximate surface area is 147 Å². The standard InChI is InChI=1S/C19H25N3OS/c1-14-6-5-7-15(10-14)19(8-3-2-4-9-19)13-21-18(23)16-12-24-17(11-20)22-16/h5-7,10,12H,2-4,8-9,11,13,20H2,1H3,(H,21,23). The number of hydrogen-bond donors (Lipinski definition) is 2. The second-order valence-corrected chi connectivity index (χ2v) is 7.67. The van der Waals surface area contributed by atoms with Crippen LogP contribution in [0.15, 0.2) is 29.6 Å². The predicted molar refractivity (Wildman–Crippen MR) is 98.3 cm³/mol. The van der Waals surface area contributed by atoms with Crippen molar-refractivity contribution in [3.05, 3.63) is 51.5 Å². The number of aromatic nitrogens is 1. The molecule has 0 atom stereocenters. The Morgan fingerprint density at radius 3 is 2.79 bits per heavy atom. The molecule has 1 aliphatic rings. The van der Waals surface area contributed by atoms with Gasteiger partial charge in [-0.25, -0.2) is 4.98 Å². The molecule has 3 N–H and O–H groups in total. The van der Waals surface area contributed by atoms with Gasteiger partial charge in [-0.1, -0.05) is 49.1 Å². The SMILES string of the molecule is Cc1cccc(C2(CNC(=O)c3csc(CN)n3)CCCCC2)c1. The Morgan fingerprint density at radius 1 is 1.33 bits per heavy atom. The van der Waals surface area contributed by atoms with Crippen molar-refractivity contribution in [3.63, 3.8) is 0 Å². The first-order chi connectivity index (χ1) is 11.6. The summed E-state index contributed by atoms with van der Waals surface area (Å²) in [4.78, 5) is 16.7. The van der Waals surface area contributed by atoms with Crippen molar-refractivity contribution in [2.75, 3.05) is 6.54 Å². The lowest BCUT2D eigenvalue weighted by molar-refractivity contribution is 0.0932. The fourth-order valence-electron chi connectivity index (χ4n) is 3.62. The molecule has 1 saturated carbocycles. The highest BCUT2D eigenvalue weighted by Gasteiger charge is 2.34. The quantitative estimate of drug-likeness (QED) is 0.872. The zero-order valence-electron chi connectivity index (χ0n) is 14.2. The topological polar surface area (TPSA) is 68.0 Å². The Kier molecular flexibility index (Phi) is 5.31. The van der Waals surface area contributed by atoms with E-state index in [1.54, 1.807) is 5.38 Å². The van der Waals surface area contributed by atoms with E-state index in [0.717, 1.165) is 17.8 Å². The molecule has 1 aromatic heterocycles. The van der Waals surface area contributed by atoms with Crippen LogP contribution in [0.25, 0.3) is 0 Å². The molecule has 1 aliphatic carbocycles. The third-order valence-corrected chi connectivity index (χ3v) is 5.86. The van der Waals surface area contributed by atoms with E-state index in [9.17, 15) is 4.79 Å². The Morgan fingerprint density at radius 2 is 2.12 bits per heavy atom. The van der Waals surface area contributed by atoms with Gasteiger partial charge in [0.05, 0.1) is 0 Å². The number of hydrogen-bond acceptors (Lipinski definition) is 4. The van der Waals surface area contributed by atoms with Crippen molar-refractivity contribution in [1.29, 1.82) is 0 Å². The highest BCUT2D eigenvalue weighted by atomic mass is 32.1. The van der Waals surface area contributed by atoms with E-state index in [1.807, 2.05) is 0 Å². The molecular weight excluding hydrogens is 318 g/mol. The molecule has 2 aromatic rings. The molecule has 0 spiro atoms. The molecular formula is C19H25N3OS. The number of carbonyl (C=O) groups is 1. The first-order valence-electron chi connectivity index (χ1n) is 8.63. The second kappa shape index (κ2) is 7.45. The summed E-state index contributed by atoms with van der Waals surface area (Å²) in [6, 6.07) is 8.73. The van der Waals surface area contributed by atoms with Gasteiger partial charge in [0.1, 0.15) is 10.7 Å². The fourth-order valence-corrected chi connectivity index (χ4v) is 4.27. The van der Waals surface area contributed by atoms with Gasteiger partial charge in [0, 0.05) is 23.9 Å². The smallest absolute Gasteiger partial charge is 0.270 e. The number of nitrogens with zero attached hydrogens (tertiary/aromatic N) is 1. The average molecular weight is 343 g/mol. The number of nitrogens with two attached hydrogens (primary N) is 1. The first-order valence-corrected chi connectivity index (χ1v) is 9.51. The Bertz CT molecular complexity index is 704. The van der Waals surface area contributed by atoms with Crippen LogP contribution in [0.5, 0.6) is 0 Å². The second-order valence-electron chi connectivity index (χ2n) is 6.72. The van der Waals surface area contributed by atoms with Crippen LogP contribution in [0.1, 0.15) is 58.7 Å². The molecule has 0 saturated heterocycles. The lowest BCUT2D eigenvalue weighted by atomic mass is 9.69. The van der Waals surface area contributed by atoms with Crippen LogP contribution in [-0.4, -0.2) is 17.4 Å². The molecule has 1 fully saturated rings. The molecule has 0 unspecified atom stereocenters. The molecule has 0 radical (unpaired) electrons. The summed E-state index contributed by atoms with van der Waals surface area (Å²) in [5, 5.41) is 5.72. The molecule has 3 rings (SSSR count). The molecule has 0 bridgehead atoms. The van der Waals surface area contributed by atoms with Crippen molar-refractivity contribution in [2.24, 2.45) is 5.73 Å². The van der Waals surface area contributed by atoms with Gasteiger partial charge < -0.3 is 11.1 Å². The summed E-state index contributed by atoms with van der Waals surface area (Å²) in [7, 11) is 0. The van der Waals surface area contributed by atoms with E-state index in [1.165, 1.54) is 41.7 Å². The number of rotatable bonds is 5. The summed E-state index contributed by atoms with van der Waals surface area (Å²) in [6.45, 7) is 3.18. The van der Waals surface area contributed by atoms with Gasteiger partial charge in [0.2, 0.25) is 0 Å². The van der Waals surface area contributed by atoms with Crippen LogP contribution in [0.3, 0.4) is 0 Å². The summed E-state index contributed by atoms with van der Waals surface area (Å²) >= 11 is 1.44. The summed E-state index contributed by atoms with van der Waals surface area (Å²) in [6.07, 6.45) is 5.98. The minimum atomic E-state index is -0.0939. The third-order valence-electron chi connectivity index (χ3n) is 4.99. The Balaban J connectivity index is 1.76. The molecule has 1 heterocycles. The summed E-state index contributed by atoms with van der Waals surface area (Å²) in [5.41, 5.74) is 8.74. The summed E-state index contributed by atoms with van der Waals surface area (Å²) in [5.74, 6) is -0.0939. The molecule has 5 heteroatoms. The van der Waals surface area contributed by atoms with Gasteiger partial charge in [-0.05, 0) is 25.3 Å². The number of carbonyl (C=O) groups excluding carboxylic acids is 1. The highest BCUT2D eigenvalue weighted by Crippen LogP contribution is 2.39. The van der Waals surface area contributed by atoms with Crippen molar-refractivity contribution in [1.82, 2.24) is 10.3 Å². The molecule has 24 heavy (non-hydrogen) atoms. The largest absolute Gasteiger partial charge is 0.350 e. The van der Waals surface area contributed by atoms with Crippen LogP contribution in [-0.2, 0) is 12.0 Å². The van der Waals surface area contributed by atoms with Gasteiger partial charge in [-0.3, -0.25) is 4.79 Å². The fraction of sp³-hybridized carbons (Fsp3) is 0.474. The maximum absolute atomic E-state index is 12.4. The van der Waals surface area contributed by atoms with Crippen LogP contribution >= 0.6 is 11.3 Å². The van der Waals surface area contributed by atoms with Gasteiger partial charge >= 0.3 is 0 Å². The highest BCUT2D eigenvalue weighted by molar-refractivity contribution is 7.09. The summed E-state index contributed by atoms with van der Waals surface area (Å²) < 4.78 is 0. The van der Waals surface area contributed by atoms with Gasteiger partial charge in [0.25, 0.3) is 5.91 Å². The van der Waals surface area contributed by atoms with E-state index in [2.05, 4.69) is 41.5 Å². The first kappa shape index (κ1) is 17.1. The number of benzene rings is 1. The van der Waals surface area contributed by atoms with Crippen LogP contribution in [0.2, 0.25) is 0 Å². The van der Waals surface area contributed by atoms with E-state index >= 15 is 0 Å². The van der Waals surface area contributed by atoms with Crippen LogP contribution in [0, 0.1) is 6.92 Å². The third kappa shape index (κ3) is 3.68. The maximum Gasteiger partial charge on any atom is 0.270 e. The van der Waals surface area contributed by atoms with Crippen molar-refractivity contribution in [3.8, 4) is 0 Å².